The number of hydrogen-bond acceptors (Lipinski definition) is 3. The van der Waals surface area contributed by atoms with Gasteiger partial charge in [-0.05, 0) is 26.0 Å². The molecular formula is C22H23BrN4OS. The molecule has 0 radical (unpaired) electrons. The number of aromatic nitrogens is 3. The van der Waals surface area contributed by atoms with Gasteiger partial charge in [0.25, 0.3) is 0 Å². The lowest BCUT2D eigenvalue weighted by atomic mass is 10.2. The molecule has 0 aliphatic rings. The topological polar surface area (TPSA) is 42.8 Å². The van der Waals surface area contributed by atoms with E-state index >= 15 is 0 Å². The third kappa shape index (κ3) is 3.80. The summed E-state index contributed by atoms with van der Waals surface area (Å²) in [5, 5.41) is 6.49. The quantitative estimate of drug-likeness (QED) is 0.446. The minimum Gasteiger partial charge on any atom is -1.00 e. The number of benzene rings is 2. The molecule has 7 heteroatoms. The van der Waals surface area contributed by atoms with Crippen molar-refractivity contribution in [1.29, 1.82) is 0 Å². The van der Waals surface area contributed by atoms with Crippen molar-refractivity contribution in [1.82, 2.24) is 9.36 Å². The van der Waals surface area contributed by atoms with Crippen LogP contribution in [-0.4, -0.2) is 9.36 Å². The van der Waals surface area contributed by atoms with E-state index in [2.05, 4.69) is 34.3 Å². The van der Waals surface area contributed by atoms with Gasteiger partial charge in [-0.2, -0.15) is 0 Å². The van der Waals surface area contributed by atoms with Crippen LogP contribution in [0.5, 0.6) is 0 Å². The van der Waals surface area contributed by atoms with Crippen molar-refractivity contribution >= 4 is 22.2 Å². The first-order valence-corrected chi connectivity index (χ1v) is 10.2. The Balaban J connectivity index is 0.00000240. The van der Waals surface area contributed by atoms with Crippen LogP contribution < -0.4 is 32.4 Å². The van der Waals surface area contributed by atoms with Crippen LogP contribution in [0, 0.1) is 6.92 Å². The fraction of sp³-hybridized carbons (Fsp3) is 0.182. The maximum absolute atomic E-state index is 13.2. The number of rotatable bonds is 5. The van der Waals surface area contributed by atoms with Gasteiger partial charge in [0.1, 0.15) is 5.69 Å². The minimum absolute atomic E-state index is 0. The highest BCUT2D eigenvalue weighted by Gasteiger charge is 2.24. The lowest BCUT2D eigenvalue weighted by Gasteiger charge is -2.06. The van der Waals surface area contributed by atoms with Crippen LogP contribution in [0.3, 0.4) is 0 Å². The van der Waals surface area contributed by atoms with Gasteiger partial charge < -0.3 is 17.0 Å². The minimum atomic E-state index is -0.0523. The number of thiazole rings is 1. The van der Waals surface area contributed by atoms with Gasteiger partial charge in [-0.3, -0.25) is 9.48 Å². The number of para-hydroxylation sites is 1. The van der Waals surface area contributed by atoms with E-state index in [0.717, 1.165) is 28.8 Å². The summed E-state index contributed by atoms with van der Waals surface area (Å²) >= 11 is 1.61. The van der Waals surface area contributed by atoms with Crippen LogP contribution in [0.25, 0.3) is 16.9 Å². The average molecular weight is 471 g/mol. The normalized spacial score (nSPS) is 10.6. The van der Waals surface area contributed by atoms with Crippen molar-refractivity contribution in [2.75, 3.05) is 5.32 Å². The second-order valence-corrected chi connectivity index (χ2v) is 7.46. The molecule has 0 atom stereocenters. The van der Waals surface area contributed by atoms with Gasteiger partial charge in [-0.15, -0.1) is 0 Å². The van der Waals surface area contributed by atoms with Crippen molar-refractivity contribution in [2.24, 2.45) is 7.05 Å². The molecule has 2 aromatic heterocycles. The summed E-state index contributed by atoms with van der Waals surface area (Å²) in [7, 11) is 1.91. The van der Waals surface area contributed by atoms with E-state index in [1.165, 1.54) is 5.56 Å². The molecule has 4 rings (SSSR count). The second-order valence-electron chi connectivity index (χ2n) is 6.60. The Bertz CT molecular complexity index is 1160. The Morgan fingerprint density at radius 3 is 2.28 bits per heavy atom. The third-order valence-corrected chi connectivity index (χ3v) is 5.88. The molecule has 0 fully saturated rings. The fourth-order valence-corrected chi connectivity index (χ4v) is 4.41. The van der Waals surface area contributed by atoms with E-state index in [9.17, 15) is 4.79 Å². The van der Waals surface area contributed by atoms with E-state index < -0.39 is 0 Å². The van der Waals surface area contributed by atoms with Crippen LogP contribution in [-0.2, 0) is 13.6 Å². The van der Waals surface area contributed by atoms with Gasteiger partial charge in [0, 0.05) is 18.0 Å². The molecule has 2 heterocycles. The largest absolute Gasteiger partial charge is 1.00 e. The van der Waals surface area contributed by atoms with Crippen molar-refractivity contribution < 1.29 is 21.5 Å². The Labute approximate surface area is 184 Å². The third-order valence-electron chi connectivity index (χ3n) is 4.99. The highest BCUT2D eigenvalue weighted by atomic mass is 79.9. The molecule has 2 aromatic carbocycles. The van der Waals surface area contributed by atoms with E-state index in [0.29, 0.717) is 5.69 Å². The van der Waals surface area contributed by atoms with Crippen molar-refractivity contribution in [3.05, 3.63) is 82.1 Å². The highest BCUT2D eigenvalue weighted by molar-refractivity contribution is 7.13. The van der Waals surface area contributed by atoms with E-state index in [4.69, 9.17) is 0 Å². The predicted octanol–water partition coefficient (Wildman–Crippen LogP) is 1.27. The summed E-state index contributed by atoms with van der Waals surface area (Å²) in [6.07, 6.45) is 0. The summed E-state index contributed by atoms with van der Waals surface area (Å²) < 4.78 is 5.79. The lowest BCUT2D eigenvalue weighted by Crippen LogP contribution is -3.00. The van der Waals surface area contributed by atoms with Gasteiger partial charge in [0.2, 0.25) is 5.69 Å². The Kier molecular flexibility index (Phi) is 6.39. The molecule has 1 N–H and O–H groups in total. The second kappa shape index (κ2) is 8.80. The Morgan fingerprint density at radius 2 is 1.66 bits per heavy atom. The molecule has 0 saturated heterocycles. The van der Waals surface area contributed by atoms with E-state index in [1.54, 1.807) is 16.0 Å². The average Bonchev–Trinajstić information content (AvgIpc) is 3.23. The van der Waals surface area contributed by atoms with Gasteiger partial charge >= 0.3 is 10.7 Å². The lowest BCUT2D eigenvalue weighted by molar-refractivity contribution is -0.664. The van der Waals surface area contributed by atoms with Gasteiger partial charge in [-0.1, -0.05) is 59.9 Å². The summed E-state index contributed by atoms with van der Waals surface area (Å²) in [4.78, 5) is 13.2. The number of hydrogen-bond donors (Lipinski definition) is 1. The van der Waals surface area contributed by atoms with Crippen LogP contribution >= 0.6 is 11.3 Å². The number of halogens is 1. The summed E-state index contributed by atoms with van der Waals surface area (Å²) in [6.45, 7) is 4.89. The molecule has 0 saturated carbocycles. The zero-order valence-electron chi connectivity index (χ0n) is 16.6. The van der Waals surface area contributed by atoms with Crippen LogP contribution in [0.4, 0.5) is 10.8 Å². The van der Waals surface area contributed by atoms with Crippen molar-refractivity contribution in [3.63, 3.8) is 0 Å². The smallest absolute Gasteiger partial charge is 0.339 e. The van der Waals surface area contributed by atoms with E-state index in [1.807, 2.05) is 67.2 Å². The van der Waals surface area contributed by atoms with Gasteiger partial charge in [0.05, 0.1) is 17.9 Å². The maximum atomic E-state index is 13.2. The molecular weight excluding hydrogens is 448 g/mol. The molecule has 29 heavy (non-hydrogen) atoms. The van der Waals surface area contributed by atoms with Crippen LogP contribution in [0.2, 0.25) is 0 Å². The summed E-state index contributed by atoms with van der Waals surface area (Å²) in [5.74, 6) is 0. The highest BCUT2D eigenvalue weighted by Crippen LogP contribution is 2.26. The number of nitrogens with one attached hydrogen (secondary N) is 1. The first kappa shape index (κ1) is 21.1. The van der Waals surface area contributed by atoms with Gasteiger partial charge in [0.15, 0.2) is 0 Å². The summed E-state index contributed by atoms with van der Waals surface area (Å²) in [6, 6.07) is 20.0. The van der Waals surface area contributed by atoms with Crippen LogP contribution in [0.1, 0.15) is 12.6 Å². The number of anilines is 2. The summed E-state index contributed by atoms with van der Waals surface area (Å²) in [5.41, 5.74) is 4.61. The first-order chi connectivity index (χ1) is 13.6. The molecule has 0 bridgehead atoms. The molecule has 0 spiro atoms. The molecule has 150 valence electrons. The maximum Gasteiger partial charge on any atom is 0.339 e. The molecule has 0 aliphatic heterocycles. The zero-order chi connectivity index (χ0) is 19.7. The van der Waals surface area contributed by atoms with E-state index in [-0.39, 0.29) is 22.5 Å². The van der Waals surface area contributed by atoms with Crippen molar-refractivity contribution in [3.8, 4) is 16.9 Å². The molecule has 0 aliphatic carbocycles. The monoisotopic (exact) mass is 470 g/mol. The molecule has 0 amide bonds. The standard InChI is InChI=1S/C22H22N4OS.BrH/c1-4-25-19(17-11-7-5-8-12-17)15-28-22(25)23-20-16(2)24(3)26(21(20)27)18-13-9-6-10-14-18;/h5-15H,4H2,1-3H3;1H. The molecule has 4 aromatic rings. The predicted molar refractivity (Wildman–Crippen MR) is 115 cm³/mol. The van der Waals surface area contributed by atoms with Crippen LogP contribution in [0.15, 0.2) is 70.8 Å². The Hall–Kier alpha value is -2.64. The van der Waals surface area contributed by atoms with Crippen molar-refractivity contribution in [2.45, 2.75) is 20.4 Å². The molecule has 0 unspecified atom stereocenters. The molecule has 5 nitrogen and oxygen atoms in total. The fourth-order valence-electron chi connectivity index (χ4n) is 3.41. The zero-order valence-corrected chi connectivity index (χ0v) is 19.0. The SMILES string of the molecule is CC[n+]1c(-c2ccccc2)csc1Nc1c(C)n(C)n(-c2ccccc2)c1=O.[Br-]. The first-order valence-electron chi connectivity index (χ1n) is 9.29. The van der Waals surface area contributed by atoms with Gasteiger partial charge in [-0.25, -0.2) is 14.6 Å². The Morgan fingerprint density at radius 1 is 1.03 bits per heavy atom. The number of nitrogens with zero attached hydrogens (tertiary/aromatic N) is 3.